The van der Waals surface area contributed by atoms with Crippen LogP contribution in [0.5, 0.6) is 5.75 Å². The van der Waals surface area contributed by atoms with Crippen molar-refractivity contribution in [1.29, 1.82) is 0 Å². The van der Waals surface area contributed by atoms with Crippen LogP contribution in [-0.2, 0) is 19.2 Å². The van der Waals surface area contributed by atoms with Gasteiger partial charge in [0.15, 0.2) is 23.1 Å². The molecule has 0 amide bonds. The zero-order chi connectivity index (χ0) is 37.6. The van der Waals surface area contributed by atoms with Crippen molar-refractivity contribution in [1.82, 2.24) is 4.57 Å². The molecule has 8 aromatic rings. The zero-order valence-electron chi connectivity index (χ0n) is 30.5. The van der Waals surface area contributed by atoms with Gasteiger partial charge in [-0.1, -0.05) is 103 Å². The van der Waals surface area contributed by atoms with Crippen molar-refractivity contribution in [2.24, 2.45) is 35.5 Å². The monoisotopic (exact) mass is 731 g/mol. The van der Waals surface area contributed by atoms with Crippen LogP contribution < -0.4 is 0 Å². The fourth-order valence-corrected chi connectivity index (χ4v) is 12.4. The molecule has 0 saturated heterocycles. The predicted molar refractivity (Wildman–Crippen MR) is 218 cm³/mol. The minimum Gasteiger partial charge on any atom is -0.505 e. The third-order valence-corrected chi connectivity index (χ3v) is 14.5. The largest absolute Gasteiger partial charge is 0.505 e. The summed E-state index contributed by atoms with van der Waals surface area (Å²) in [7, 11) is 0. The third kappa shape index (κ3) is 4.06. The first-order chi connectivity index (χ1) is 27.4. The molecule has 272 valence electrons. The highest BCUT2D eigenvalue weighted by Crippen LogP contribution is 2.61. The number of aromatic hydroxyl groups is 1. The second-order valence-corrected chi connectivity index (χ2v) is 16.8. The van der Waals surface area contributed by atoms with E-state index < -0.39 is 23.7 Å². The summed E-state index contributed by atoms with van der Waals surface area (Å²) in [4.78, 5) is 59.1. The number of phenols is 1. The Bertz CT molecular complexity index is 2930. The lowest BCUT2D eigenvalue weighted by atomic mass is 9.44. The Hall–Kier alpha value is -6.14. The standard InChI is InChI=1S/C50H37NO5/c52-46-32(11-6-14-39(46)51-37-12-3-1-9-28(37)29-10-2-4-13-38(29)51)45-49(55)35-23-21-33-42-34(22-24-36(43(35)42)50(45)56)48(54)44(47(33)53)31-20-18-27-16-15-25-7-5-8-26-17-19-30(31)41(27)40(25)26/h1-20,33-36,42-45,52H,21-24H2. The van der Waals surface area contributed by atoms with E-state index in [1.807, 2.05) is 65.2 Å². The average Bonchev–Trinajstić information content (AvgIpc) is 3.56. The number of nitrogens with zero attached hydrogens (tertiary/aromatic N) is 1. The van der Waals surface area contributed by atoms with Crippen molar-refractivity contribution >= 4 is 77.3 Å². The Morgan fingerprint density at radius 3 is 1.46 bits per heavy atom. The first kappa shape index (κ1) is 32.1. The van der Waals surface area contributed by atoms with Crippen molar-refractivity contribution in [2.45, 2.75) is 37.5 Å². The molecular weight excluding hydrogens is 695 g/mol. The quantitative estimate of drug-likeness (QED) is 0.144. The molecule has 0 spiro atoms. The topological polar surface area (TPSA) is 93.4 Å². The highest BCUT2D eigenvalue weighted by atomic mass is 16.3. The molecule has 4 unspecified atom stereocenters. The number of phenolic OH excluding ortho intramolecular Hbond substituents is 1. The number of rotatable bonds is 3. The molecule has 1 aromatic heterocycles. The minimum atomic E-state index is -1.10. The molecule has 0 radical (unpaired) electrons. The van der Waals surface area contributed by atoms with Crippen LogP contribution in [0.25, 0.3) is 59.8 Å². The van der Waals surface area contributed by atoms with Gasteiger partial charge in [0.2, 0.25) is 0 Å². The van der Waals surface area contributed by atoms with Crippen LogP contribution in [0.3, 0.4) is 0 Å². The number of carbonyl (C=O) groups is 4. The number of benzene rings is 7. The summed E-state index contributed by atoms with van der Waals surface area (Å²) in [6, 6.07) is 40.2. The molecule has 0 aliphatic heterocycles. The van der Waals surface area contributed by atoms with Gasteiger partial charge >= 0.3 is 0 Å². The maximum Gasteiger partial charge on any atom is 0.151 e. The zero-order valence-corrected chi connectivity index (χ0v) is 30.5. The lowest BCUT2D eigenvalue weighted by Gasteiger charge is -2.56. The van der Waals surface area contributed by atoms with Crippen LogP contribution >= 0.6 is 0 Å². The van der Waals surface area contributed by atoms with Crippen molar-refractivity contribution in [2.75, 3.05) is 0 Å². The highest BCUT2D eigenvalue weighted by molar-refractivity contribution is 6.25. The van der Waals surface area contributed by atoms with E-state index in [2.05, 4.69) is 54.6 Å². The molecule has 6 nitrogen and oxygen atoms in total. The molecule has 6 heteroatoms. The second-order valence-electron chi connectivity index (χ2n) is 16.8. The number of carbonyl (C=O) groups excluding carboxylic acids is 4. The lowest BCUT2D eigenvalue weighted by Crippen LogP contribution is -2.61. The van der Waals surface area contributed by atoms with E-state index >= 15 is 0 Å². The van der Waals surface area contributed by atoms with Gasteiger partial charge in [0, 0.05) is 40.0 Å². The van der Waals surface area contributed by atoms with E-state index in [-0.39, 0.29) is 52.6 Å². The van der Waals surface area contributed by atoms with Crippen LogP contribution in [-0.4, -0.2) is 32.8 Å². The fraction of sp³-hybridized carbons (Fsp3) is 0.240. The predicted octanol–water partition coefficient (Wildman–Crippen LogP) is 9.84. The molecular formula is C50H37NO5. The SMILES string of the molecule is O=C1C(c2cccc(-n3c4ccccc4c4ccccc43)c2O)C(=O)C2CCC3C(=O)C(c4ccc5ccc6cccc7ccc4c5c67)C(=O)C4CCC1C2C43. The molecule has 4 fully saturated rings. The van der Waals surface area contributed by atoms with E-state index in [1.165, 1.54) is 0 Å². The molecule has 4 aliphatic carbocycles. The summed E-state index contributed by atoms with van der Waals surface area (Å²) < 4.78 is 2.01. The number of fused-ring (bicyclic) bond motifs is 3. The summed E-state index contributed by atoms with van der Waals surface area (Å²) >= 11 is 0. The molecule has 7 aromatic carbocycles. The Kier molecular flexibility index (Phi) is 6.57. The summed E-state index contributed by atoms with van der Waals surface area (Å²) in [6.07, 6.45) is 2.03. The molecule has 4 atom stereocenters. The first-order valence-electron chi connectivity index (χ1n) is 20.0. The van der Waals surface area contributed by atoms with Crippen LogP contribution in [0.1, 0.15) is 48.6 Å². The van der Waals surface area contributed by atoms with E-state index in [0.29, 0.717) is 36.9 Å². The summed E-state index contributed by atoms with van der Waals surface area (Å²) in [5, 5.41) is 20.7. The van der Waals surface area contributed by atoms with Crippen LogP contribution in [0.15, 0.2) is 121 Å². The molecule has 12 rings (SSSR count). The Labute approximate surface area is 322 Å². The van der Waals surface area contributed by atoms with Gasteiger partial charge in [-0.15, -0.1) is 0 Å². The van der Waals surface area contributed by atoms with E-state index in [9.17, 15) is 24.3 Å². The molecule has 56 heavy (non-hydrogen) atoms. The van der Waals surface area contributed by atoms with Crippen molar-refractivity contribution < 1.29 is 24.3 Å². The Morgan fingerprint density at radius 2 is 0.893 bits per heavy atom. The maximum absolute atomic E-state index is 14.8. The number of hydrogen-bond acceptors (Lipinski definition) is 5. The van der Waals surface area contributed by atoms with E-state index in [1.54, 1.807) is 6.07 Å². The number of ketones is 4. The highest BCUT2D eigenvalue weighted by Gasteiger charge is 2.64. The molecule has 0 bridgehead atoms. The van der Waals surface area contributed by atoms with Gasteiger partial charge in [-0.25, -0.2) is 0 Å². The molecule has 1 heterocycles. The molecule has 4 aliphatic rings. The van der Waals surface area contributed by atoms with Gasteiger partial charge < -0.3 is 9.67 Å². The lowest BCUT2D eigenvalue weighted by molar-refractivity contribution is -0.166. The minimum absolute atomic E-state index is 0.0519. The number of para-hydroxylation sites is 3. The molecule has 1 N–H and O–H groups in total. The fourth-order valence-electron chi connectivity index (χ4n) is 12.4. The summed E-state index contributed by atoms with van der Waals surface area (Å²) in [5.74, 6) is -4.81. The summed E-state index contributed by atoms with van der Waals surface area (Å²) in [6.45, 7) is 0. The van der Waals surface area contributed by atoms with Gasteiger partial charge in [-0.2, -0.15) is 0 Å². The van der Waals surface area contributed by atoms with Crippen LogP contribution in [0.2, 0.25) is 0 Å². The maximum atomic E-state index is 14.8. The van der Waals surface area contributed by atoms with E-state index in [4.69, 9.17) is 0 Å². The van der Waals surface area contributed by atoms with Crippen LogP contribution in [0.4, 0.5) is 0 Å². The van der Waals surface area contributed by atoms with Crippen molar-refractivity contribution in [3.8, 4) is 11.4 Å². The normalized spacial score (nSPS) is 27.6. The van der Waals surface area contributed by atoms with Crippen LogP contribution in [0, 0.1) is 35.5 Å². The first-order valence-corrected chi connectivity index (χ1v) is 20.0. The van der Waals surface area contributed by atoms with Gasteiger partial charge in [0.25, 0.3) is 0 Å². The number of hydrogen-bond donors (Lipinski definition) is 1. The summed E-state index contributed by atoms with van der Waals surface area (Å²) in [5.41, 5.74) is 3.49. The Balaban J connectivity index is 0.917. The van der Waals surface area contributed by atoms with E-state index in [0.717, 1.165) is 59.7 Å². The smallest absolute Gasteiger partial charge is 0.151 e. The van der Waals surface area contributed by atoms with Gasteiger partial charge in [0.05, 0.1) is 16.7 Å². The third-order valence-electron chi connectivity index (χ3n) is 14.5. The van der Waals surface area contributed by atoms with Crippen molar-refractivity contribution in [3.05, 3.63) is 132 Å². The molecule has 4 saturated carbocycles. The number of Topliss-reactive ketones (excluding diaryl/α,β-unsaturated/α-hetero) is 4. The van der Waals surface area contributed by atoms with Gasteiger partial charge in [-0.05, 0) is 93.6 Å². The van der Waals surface area contributed by atoms with Crippen molar-refractivity contribution in [3.63, 3.8) is 0 Å². The van der Waals surface area contributed by atoms with Gasteiger partial charge in [-0.3, -0.25) is 19.2 Å². The second kappa shape index (κ2) is 11.5. The Morgan fingerprint density at radius 1 is 0.429 bits per heavy atom. The average molecular weight is 732 g/mol. The van der Waals surface area contributed by atoms with Gasteiger partial charge in [0.1, 0.15) is 17.6 Å². The number of aromatic nitrogens is 1.